The molecule has 0 spiro atoms. The molecule has 0 saturated carbocycles. The maximum atomic E-state index is 13.4. The molecule has 178 valence electrons. The number of nitrogens with zero attached hydrogens (tertiary/aromatic N) is 1. The van der Waals surface area contributed by atoms with Gasteiger partial charge in [0.15, 0.2) is 15.6 Å². The van der Waals surface area contributed by atoms with Gasteiger partial charge in [-0.1, -0.05) is 48.0 Å². The molecule has 7 nitrogen and oxygen atoms in total. The third-order valence-corrected chi connectivity index (χ3v) is 7.71. The highest BCUT2D eigenvalue weighted by Gasteiger charge is 2.27. The summed E-state index contributed by atoms with van der Waals surface area (Å²) >= 11 is 6.15. The van der Waals surface area contributed by atoms with Crippen LogP contribution in [-0.4, -0.2) is 57.6 Å². The summed E-state index contributed by atoms with van der Waals surface area (Å²) in [5, 5.41) is 13.5. The molecule has 1 aliphatic rings. The molecular formula is C25H25ClN2O5S. The van der Waals surface area contributed by atoms with Crippen LogP contribution >= 0.6 is 11.6 Å². The van der Waals surface area contributed by atoms with Crippen LogP contribution in [0, 0.1) is 0 Å². The number of methoxy groups -OCH3 is 1. The lowest BCUT2D eigenvalue weighted by molar-refractivity contribution is 0.0735. The van der Waals surface area contributed by atoms with Gasteiger partial charge >= 0.3 is 0 Å². The van der Waals surface area contributed by atoms with Gasteiger partial charge in [0.1, 0.15) is 10.6 Å². The molecule has 1 amide bonds. The van der Waals surface area contributed by atoms with E-state index in [0.29, 0.717) is 37.5 Å². The van der Waals surface area contributed by atoms with Crippen molar-refractivity contribution in [3.05, 3.63) is 76.8 Å². The summed E-state index contributed by atoms with van der Waals surface area (Å²) in [6.07, 6.45) is 0. The van der Waals surface area contributed by atoms with E-state index in [4.69, 9.17) is 16.3 Å². The summed E-state index contributed by atoms with van der Waals surface area (Å²) < 4.78 is 32.3. The number of hydrogen-bond donors (Lipinski definition) is 2. The van der Waals surface area contributed by atoms with Crippen LogP contribution in [0.4, 0.5) is 0 Å². The second-order valence-corrected chi connectivity index (χ2v) is 10.4. The van der Waals surface area contributed by atoms with Crippen molar-refractivity contribution in [2.75, 3.05) is 33.3 Å². The van der Waals surface area contributed by atoms with Gasteiger partial charge in [0, 0.05) is 37.3 Å². The van der Waals surface area contributed by atoms with Crippen LogP contribution in [0.15, 0.2) is 65.6 Å². The minimum atomic E-state index is -4.08. The number of amides is 1. The molecule has 0 atom stereocenters. The van der Waals surface area contributed by atoms with Gasteiger partial charge in [0.05, 0.1) is 17.9 Å². The van der Waals surface area contributed by atoms with Crippen LogP contribution in [-0.2, 0) is 15.6 Å². The zero-order valence-corrected chi connectivity index (χ0v) is 20.2. The molecule has 3 aromatic carbocycles. The molecule has 1 fully saturated rings. The number of sulfone groups is 1. The highest BCUT2D eigenvalue weighted by Crippen LogP contribution is 2.36. The number of piperazine rings is 1. The van der Waals surface area contributed by atoms with Crippen LogP contribution in [0.3, 0.4) is 0 Å². The number of nitrogens with one attached hydrogen (secondary N) is 1. The Labute approximate surface area is 203 Å². The minimum Gasteiger partial charge on any atom is -0.505 e. The molecule has 2 N–H and O–H groups in total. The van der Waals surface area contributed by atoms with Crippen molar-refractivity contribution in [3.8, 4) is 22.6 Å². The van der Waals surface area contributed by atoms with E-state index in [9.17, 15) is 18.3 Å². The van der Waals surface area contributed by atoms with Gasteiger partial charge in [-0.3, -0.25) is 4.79 Å². The van der Waals surface area contributed by atoms with Crippen LogP contribution < -0.4 is 10.1 Å². The summed E-state index contributed by atoms with van der Waals surface area (Å²) in [4.78, 5) is 14.2. The first-order chi connectivity index (χ1) is 16.3. The van der Waals surface area contributed by atoms with E-state index in [1.807, 2.05) is 36.4 Å². The lowest BCUT2D eigenvalue weighted by Gasteiger charge is -2.27. The summed E-state index contributed by atoms with van der Waals surface area (Å²) in [7, 11) is -2.62. The third kappa shape index (κ3) is 5.04. The zero-order chi connectivity index (χ0) is 24.3. The van der Waals surface area contributed by atoms with Crippen LogP contribution in [0.5, 0.6) is 11.5 Å². The van der Waals surface area contributed by atoms with Crippen LogP contribution in [0.25, 0.3) is 11.1 Å². The van der Waals surface area contributed by atoms with E-state index < -0.39 is 21.3 Å². The van der Waals surface area contributed by atoms with Gasteiger partial charge in [-0.2, -0.15) is 0 Å². The normalized spacial score (nSPS) is 14.1. The first-order valence-corrected chi connectivity index (χ1v) is 12.8. The number of carbonyl (C=O) groups is 1. The van der Waals surface area contributed by atoms with Crippen molar-refractivity contribution < 1.29 is 23.1 Å². The number of ether oxygens (including phenoxy) is 1. The average Bonchev–Trinajstić information content (AvgIpc) is 2.85. The van der Waals surface area contributed by atoms with Crippen molar-refractivity contribution in [1.29, 1.82) is 0 Å². The molecule has 34 heavy (non-hydrogen) atoms. The summed E-state index contributed by atoms with van der Waals surface area (Å²) in [6.45, 7) is 2.31. The SMILES string of the molecule is COc1ccc(-c2ccccc2)cc1CS(=O)(=O)c1cc(C(=O)N2CCNCC2)cc(Cl)c1O. The van der Waals surface area contributed by atoms with E-state index in [2.05, 4.69) is 5.32 Å². The van der Waals surface area contributed by atoms with Gasteiger partial charge in [-0.05, 0) is 35.4 Å². The van der Waals surface area contributed by atoms with Crippen molar-refractivity contribution in [2.24, 2.45) is 0 Å². The molecule has 0 unspecified atom stereocenters. The zero-order valence-electron chi connectivity index (χ0n) is 18.6. The smallest absolute Gasteiger partial charge is 0.254 e. The Hall–Kier alpha value is -3.07. The largest absolute Gasteiger partial charge is 0.505 e. The molecule has 0 aromatic heterocycles. The van der Waals surface area contributed by atoms with Gasteiger partial charge in [0.25, 0.3) is 5.91 Å². The lowest BCUT2D eigenvalue weighted by atomic mass is 10.0. The molecule has 9 heteroatoms. The predicted molar refractivity (Wildman–Crippen MR) is 131 cm³/mol. The summed E-state index contributed by atoms with van der Waals surface area (Å²) in [5.41, 5.74) is 2.31. The highest BCUT2D eigenvalue weighted by atomic mass is 35.5. The van der Waals surface area contributed by atoms with E-state index >= 15 is 0 Å². The molecule has 1 saturated heterocycles. The Balaban J connectivity index is 1.71. The molecule has 4 rings (SSSR count). The number of halogens is 1. The molecule has 0 bridgehead atoms. The number of phenolic OH excluding ortho intramolecular Hbond substituents is 1. The Morgan fingerprint density at radius 2 is 1.76 bits per heavy atom. The third-order valence-electron chi connectivity index (χ3n) is 5.75. The molecule has 1 aliphatic heterocycles. The molecule has 0 radical (unpaired) electrons. The molecule has 1 heterocycles. The second-order valence-electron chi connectivity index (χ2n) is 8.00. The van der Waals surface area contributed by atoms with Crippen molar-refractivity contribution >= 4 is 27.3 Å². The van der Waals surface area contributed by atoms with Gasteiger partial charge in [-0.25, -0.2) is 8.42 Å². The van der Waals surface area contributed by atoms with Crippen molar-refractivity contribution in [1.82, 2.24) is 10.2 Å². The maximum absolute atomic E-state index is 13.4. The highest BCUT2D eigenvalue weighted by molar-refractivity contribution is 7.90. The number of phenols is 1. The molecular weight excluding hydrogens is 476 g/mol. The molecule has 3 aromatic rings. The van der Waals surface area contributed by atoms with Gasteiger partial charge < -0.3 is 20.1 Å². The maximum Gasteiger partial charge on any atom is 0.254 e. The first-order valence-electron chi connectivity index (χ1n) is 10.8. The van der Waals surface area contributed by atoms with Crippen molar-refractivity contribution in [3.63, 3.8) is 0 Å². The van der Waals surface area contributed by atoms with Gasteiger partial charge in [-0.15, -0.1) is 0 Å². The monoisotopic (exact) mass is 500 g/mol. The standard InChI is InChI=1S/C25H25ClN2O5S/c1-33-22-8-7-18(17-5-3-2-4-6-17)13-20(22)16-34(31,32)23-15-19(14-21(26)24(23)29)25(30)28-11-9-27-10-12-28/h2-8,13-15,27,29H,9-12,16H2,1H3. The quantitative estimate of drug-likeness (QED) is 0.535. The fourth-order valence-electron chi connectivity index (χ4n) is 3.97. The Morgan fingerprint density at radius 1 is 1.06 bits per heavy atom. The van der Waals surface area contributed by atoms with Crippen LogP contribution in [0.2, 0.25) is 5.02 Å². The van der Waals surface area contributed by atoms with E-state index in [1.54, 1.807) is 17.0 Å². The van der Waals surface area contributed by atoms with E-state index in [1.165, 1.54) is 19.2 Å². The van der Waals surface area contributed by atoms with Gasteiger partial charge in [0.2, 0.25) is 0 Å². The topological polar surface area (TPSA) is 95.9 Å². The Kier molecular flexibility index (Phi) is 7.11. The number of hydrogen-bond acceptors (Lipinski definition) is 6. The predicted octanol–water partition coefficient (Wildman–Crippen LogP) is 3.74. The summed E-state index contributed by atoms with van der Waals surface area (Å²) in [6, 6.07) is 17.4. The first kappa shape index (κ1) is 24.1. The number of rotatable bonds is 6. The number of carbonyl (C=O) groups excluding carboxylic acids is 1. The minimum absolute atomic E-state index is 0.119. The van der Waals surface area contributed by atoms with E-state index in [0.717, 1.165) is 11.1 Å². The fourth-order valence-corrected chi connectivity index (χ4v) is 5.75. The van der Waals surface area contributed by atoms with Crippen molar-refractivity contribution in [2.45, 2.75) is 10.6 Å². The number of benzene rings is 3. The van der Waals surface area contributed by atoms with E-state index in [-0.39, 0.29) is 21.4 Å². The lowest BCUT2D eigenvalue weighted by Crippen LogP contribution is -2.46. The fraction of sp³-hybridized carbons (Fsp3) is 0.240. The second kappa shape index (κ2) is 10.0. The Bertz CT molecular complexity index is 1310. The molecule has 0 aliphatic carbocycles. The summed E-state index contributed by atoms with van der Waals surface area (Å²) in [5.74, 6) is -0.937. The Morgan fingerprint density at radius 3 is 2.44 bits per heavy atom. The average molecular weight is 501 g/mol. The van der Waals surface area contributed by atoms with Crippen LogP contribution in [0.1, 0.15) is 15.9 Å². The number of aromatic hydroxyl groups is 1.